The van der Waals surface area contributed by atoms with Crippen molar-refractivity contribution in [2.45, 2.75) is 17.6 Å². The molecule has 0 spiro atoms. The molecule has 104 valence electrons. The zero-order chi connectivity index (χ0) is 14.5. The van der Waals surface area contributed by atoms with Gasteiger partial charge in [-0.25, -0.2) is 5.84 Å². The number of amides is 1. The van der Waals surface area contributed by atoms with Crippen molar-refractivity contribution < 1.29 is 4.79 Å². The Hall–Kier alpha value is -1.98. The molecule has 0 aliphatic carbocycles. The number of hydrazine groups is 1. The van der Waals surface area contributed by atoms with E-state index in [1.807, 2.05) is 43.3 Å². The van der Waals surface area contributed by atoms with Crippen molar-refractivity contribution >= 4 is 23.4 Å². The second-order valence-corrected chi connectivity index (χ2v) is 5.49. The number of carbonyl (C=O) groups is 1. The number of anilines is 1. The zero-order valence-corrected chi connectivity index (χ0v) is 12.0. The van der Waals surface area contributed by atoms with Gasteiger partial charge in [0.25, 0.3) is 5.91 Å². The lowest BCUT2D eigenvalue weighted by atomic mass is 10.1. The Balaban J connectivity index is 2.14. The highest BCUT2D eigenvalue weighted by atomic mass is 32.2. The molecule has 2 rings (SSSR count). The lowest BCUT2D eigenvalue weighted by Crippen LogP contribution is -2.30. The molecule has 0 atom stereocenters. The average molecular weight is 287 g/mol. The number of hydrogen-bond donors (Lipinski definition) is 3. The topological polar surface area (TPSA) is 81.1 Å². The van der Waals surface area contributed by atoms with Crippen LogP contribution in [0.3, 0.4) is 0 Å². The number of nitrogens with one attached hydrogen (secondary N) is 1. The normalized spacial score (nSPS) is 10.3. The summed E-state index contributed by atoms with van der Waals surface area (Å²) in [5.41, 5.74) is 11.4. The highest BCUT2D eigenvalue weighted by molar-refractivity contribution is 7.98. The summed E-state index contributed by atoms with van der Waals surface area (Å²) in [4.78, 5) is 12.8. The summed E-state index contributed by atoms with van der Waals surface area (Å²) in [7, 11) is 0. The smallest absolute Gasteiger partial charge is 0.265 e. The van der Waals surface area contributed by atoms with Gasteiger partial charge >= 0.3 is 0 Å². The Morgan fingerprint density at radius 1 is 1.25 bits per heavy atom. The van der Waals surface area contributed by atoms with Gasteiger partial charge in [0.2, 0.25) is 0 Å². The van der Waals surface area contributed by atoms with Crippen LogP contribution in [0.5, 0.6) is 0 Å². The Morgan fingerprint density at radius 3 is 2.70 bits per heavy atom. The van der Waals surface area contributed by atoms with Gasteiger partial charge in [-0.15, -0.1) is 11.8 Å². The van der Waals surface area contributed by atoms with Crippen LogP contribution in [0.1, 0.15) is 21.5 Å². The fourth-order valence-corrected chi connectivity index (χ4v) is 2.84. The number of rotatable bonds is 4. The molecule has 0 saturated carbocycles. The summed E-state index contributed by atoms with van der Waals surface area (Å²) in [5.74, 6) is 5.63. The maximum absolute atomic E-state index is 11.7. The van der Waals surface area contributed by atoms with E-state index >= 15 is 0 Å². The molecule has 20 heavy (non-hydrogen) atoms. The van der Waals surface area contributed by atoms with Crippen LogP contribution in [0, 0.1) is 6.92 Å². The molecule has 0 saturated heterocycles. The van der Waals surface area contributed by atoms with Crippen LogP contribution < -0.4 is 17.0 Å². The van der Waals surface area contributed by atoms with Gasteiger partial charge in [-0.1, -0.05) is 18.2 Å². The quantitative estimate of drug-likeness (QED) is 0.265. The molecular weight excluding hydrogens is 270 g/mol. The summed E-state index contributed by atoms with van der Waals surface area (Å²) >= 11 is 1.66. The third-order valence-electron chi connectivity index (χ3n) is 3.03. The molecule has 0 fully saturated rings. The van der Waals surface area contributed by atoms with Gasteiger partial charge in [0, 0.05) is 21.9 Å². The van der Waals surface area contributed by atoms with Gasteiger partial charge in [-0.05, 0) is 42.3 Å². The van der Waals surface area contributed by atoms with Gasteiger partial charge in [-0.2, -0.15) is 0 Å². The number of aryl methyl sites for hydroxylation is 1. The molecular formula is C15H17N3OS. The maximum Gasteiger partial charge on any atom is 0.265 e. The fourth-order valence-electron chi connectivity index (χ4n) is 1.84. The first-order chi connectivity index (χ1) is 9.61. The van der Waals surface area contributed by atoms with Gasteiger partial charge in [0.1, 0.15) is 0 Å². The second-order valence-electron chi connectivity index (χ2n) is 4.44. The van der Waals surface area contributed by atoms with Crippen LogP contribution in [0.2, 0.25) is 0 Å². The zero-order valence-electron chi connectivity index (χ0n) is 11.2. The lowest BCUT2D eigenvalue weighted by Gasteiger charge is -2.09. The van der Waals surface area contributed by atoms with Crippen LogP contribution in [0.4, 0.5) is 5.69 Å². The minimum absolute atomic E-state index is 0.269. The molecule has 0 radical (unpaired) electrons. The Bertz CT molecular complexity index is 628. The molecule has 1 amide bonds. The Kier molecular flexibility index (Phi) is 4.65. The number of benzene rings is 2. The van der Waals surface area contributed by atoms with Crippen molar-refractivity contribution in [2.24, 2.45) is 5.84 Å². The van der Waals surface area contributed by atoms with E-state index in [1.54, 1.807) is 17.8 Å². The molecule has 2 aromatic rings. The van der Waals surface area contributed by atoms with Crippen molar-refractivity contribution in [3.8, 4) is 0 Å². The van der Waals surface area contributed by atoms with E-state index in [-0.39, 0.29) is 5.91 Å². The molecule has 0 unspecified atom stereocenters. The monoisotopic (exact) mass is 287 g/mol. The first-order valence-corrected chi connectivity index (χ1v) is 7.18. The van der Waals surface area contributed by atoms with E-state index in [0.717, 1.165) is 21.7 Å². The largest absolute Gasteiger partial charge is 0.399 e. The molecule has 0 bridgehead atoms. The second kappa shape index (κ2) is 6.45. The molecule has 5 N–H and O–H groups in total. The van der Waals surface area contributed by atoms with Crippen LogP contribution in [-0.4, -0.2) is 5.91 Å². The van der Waals surface area contributed by atoms with Crippen LogP contribution in [0.25, 0.3) is 0 Å². The summed E-state index contributed by atoms with van der Waals surface area (Å²) in [6, 6.07) is 13.4. The van der Waals surface area contributed by atoms with Crippen molar-refractivity contribution in [3.05, 3.63) is 59.2 Å². The van der Waals surface area contributed by atoms with Crippen LogP contribution >= 0.6 is 11.8 Å². The van der Waals surface area contributed by atoms with E-state index in [0.29, 0.717) is 11.3 Å². The third kappa shape index (κ3) is 3.31. The summed E-state index contributed by atoms with van der Waals surface area (Å²) in [6.07, 6.45) is 0. The first-order valence-electron chi connectivity index (χ1n) is 6.19. The van der Waals surface area contributed by atoms with Crippen LogP contribution in [-0.2, 0) is 5.75 Å². The predicted molar refractivity (Wildman–Crippen MR) is 83.2 cm³/mol. The highest BCUT2D eigenvalue weighted by Gasteiger charge is 2.09. The number of nitrogen functional groups attached to an aromatic ring is 2. The minimum Gasteiger partial charge on any atom is -0.399 e. The third-order valence-corrected chi connectivity index (χ3v) is 4.07. The van der Waals surface area contributed by atoms with E-state index in [4.69, 9.17) is 11.6 Å². The minimum atomic E-state index is -0.269. The van der Waals surface area contributed by atoms with Gasteiger partial charge in [0.05, 0.1) is 0 Å². The Labute approximate surface area is 122 Å². The average Bonchev–Trinajstić information content (AvgIpc) is 2.48. The molecule has 5 heteroatoms. The van der Waals surface area contributed by atoms with Crippen molar-refractivity contribution in [1.82, 2.24) is 5.43 Å². The number of hydrogen-bond acceptors (Lipinski definition) is 4. The Morgan fingerprint density at radius 2 is 2.00 bits per heavy atom. The van der Waals surface area contributed by atoms with E-state index < -0.39 is 0 Å². The molecule has 0 aliphatic heterocycles. The summed E-state index contributed by atoms with van der Waals surface area (Å²) in [6.45, 7) is 1.98. The number of nitrogens with two attached hydrogens (primary N) is 2. The fraction of sp³-hybridized carbons (Fsp3) is 0.133. The van der Waals surface area contributed by atoms with E-state index in [1.165, 1.54) is 0 Å². The van der Waals surface area contributed by atoms with E-state index in [2.05, 4.69) is 5.43 Å². The van der Waals surface area contributed by atoms with Crippen molar-refractivity contribution in [1.29, 1.82) is 0 Å². The molecule has 2 aromatic carbocycles. The van der Waals surface area contributed by atoms with Gasteiger partial charge in [-0.3, -0.25) is 10.2 Å². The SMILES string of the molecule is Cc1cc(SCc2ccccc2C(=O)NN)ccc1N. The molecule has 4 nitrogen and oxygen atoms in total. The standard InChI is InChI=1S/C15H17N3OS/c1-10-8-12(6-7-14(10)16)20-9-11-4-2-3-5-13(11)15(19)18-17/h2-8H,9,16-17H2,1H3,(H,18,19). The maximum atomic E-state index is 11.7. The highest BCUT2D eigenvalue weighted by Crippen LogP contribution is 2.26. The van der Waals surface area contributed by atoms with Gasteiger partial charge < -0.3 is 5.73 Å². The van der Waals surface area contributed by atoms with Gasteiger partial charge in [0.15, 0.2) is 0 Å². The van der Waals surface area contributed by atoms with Crippen molar-refractivity contribution in [3.63, 3.8) is 0 Å². The van der Waals surface area contributed by atoms with Crippen LogP contribution in [0.15, 0.2) is 47.4 Å². The number of thioether (sulfide) groups is 1. The molecule has 0 aliphatic rings. The lowest BCUT2D eigenvalue weighted by molar-refractivity contribution is 0.0953. The van der Waals surface area contributed by atoms with Crippen molar-refractivity contribution in [2.75, 3.05) is 5.73 Å². The number of carbonyl (C=O) groups excluding carboxylic acids is 1. The molecule has 0 aromatic heterocycles. The summed E-state index contributed by atoms with van der Waals surface area (Å²) in [5, 5.41) is 0. The predicted octanol–water partition coefficient (Wildman–Crippen LogP) is 2.47. The summed E-state index contributed by atoms with van der Waals surface area (Å²) < 4.78 is 0. The van der Waals surface area contributed by atoms with E-state index in [9.17, 15) is 4.79 Å². The first kappa shape index (κ1) is 14.4. The molecule has 0 heterocycles.